The van der Waals surface area contributed by atoms with Crippen LogP contribution in [0.15, 0.2) is 12.1 Å². The van der Waals surface area contributed by atoms with Gasteiger partial charge in [0.1, 0.15) is 5.15 Å². The molecule has 0 unspecified atom stereocenters. The quantitative estimate of drug-likeness (QED) is 0.755. The third-order valence-corrected chi connectivity index (χ3v) is 3.25. The number of pyridine rings is 1. The summed E-state index contributed by atoms with van der Waals surface area (Å²) >= 11 is 5.83. The van der Waals surface area contributed by atoms with Crippen molar-refractivity contribution >= 4 is 27.5 Å². The Labute approximate surface area is 117 Å². The van der Waals surface area contributed by atoms with Gasteiger partial charge in [0.15, 0.2) is 0 Å². The number of nitrogens with two attached hydrogens (primary N) is 1. The molecule has 6 nitrogen and oxygen atoms in total. The number of amides is 1. The fourth-order valence-corrected chi connectivity index (χ4v) is 2.09. The van der Waals surface area contributed by atoms with Crippen LogP contribution < -0.4 is 10.5 Å². The van der Waals surface area contributed by atoms with Crippen molar-refractivity contribution < 1.29 is 13.2 Å². The van der Waals surface area contributed by atoms with Crippen LogP contribution >= 0.6 is 11.6 Å². The molecule has 1 amide bonds. The molecule has 0 spiro atoms. The average Bonchev–Trinajstić information content (AvgIpc) is 2.26. The number of hydrogen-bond donors (Lipinski definition) is 2. The number of aromatic nitrogens is 1. The molecule has 1 aromatic rings. The lowest BCUT2D eigenvalue weighted by Gasteiger charge is -2.06. The van der Waals surface area contributed by atoms with Crippen LogP contribution in [-0.4, -0.2) is 31.6 Å². The maximum atomic E-state index is 11.8. The number of nitrogens with one attached hydrogen (secondary N) is 1. The molecule has 1 rings (SSSR count). The van der Waals surface area contributed by atoms with Gasteiger partial charge in [-0.05, 0) is 18.6 Å². The molecule has 0 saturated heterocycles. The molecule has 0 aliphatic carbocycles. The van der Waals surface area contributed by atoms with Gasteiger partial charge in [0, 0.05) is 17.8 Å². The molecular weight excluding hydrogens is 290 g/mol. The number of sulfonamides is 1. The van der Waals surface area contributed by atoms with Gasteiger partial charge in [0.25, 0.3) is 5.91 Å². The molecule has 0 atom stereocenters. The first-order valence-corrected chi connectivity index (χ1v) is 7.86. The van der Waals surface area contributed by atoms with Crippen LogP contribution in [0.5, 0.6) is 0 Å². The van der Waals surface area contributed by atoms with Gasteiger partial charge < -0.3 is 5.32 Å². The van der Waals surface area contributed by atoms with Crippen molar-refractivity contribution in [1.29, 1.82) is 0 Å². The van der Waals surface area contributed by atoms with Crippen molar-refractivity contribution in [3.63, 3.8) is 0 Å². The lowest BCUT2D eigenvalue weighted by Crippen LogP contribution is -2.31. The third-order valence-electron chi connectivity index (χ3n) is 2.29. The Balaban J connectivity index is 2.71. The standard InChI is InChI=1S/C11H16ClN3O3S/c1-2-3-9-6-8(7-10(12)15-9)11(16)14-4-5-19(13,17)18/h6-7H,2-5H2,1H3,(H,14,16)(H2,13,17,18). The average molecular weight is 306 g/mol. The first-order chi connectivity index (χ1) is 8.81. The molecule has 1 aromatic heterocycles. The van der Waals surface area contributed by atoms with Crippen molar-refractivity contribution in [2.24, 2.45) is 5.14 Å². The molecule has 0 saturated carbocycles. The van der Waals surface area contributed by atoms with Crippen LogP contribution in [0, 0.1) is 0 Å². The minimum absolute atomic E-state index is 0.0410. The summed E-state index contributed by atoms with van der Waals surface area (Å²) in [6.07, 6.45) is 1.61. The predicted molar refractivity (Wildman–Crippen MR) is 73.5 cm³/mol. The van der Waals surface area contributed by atoms with Crippen LogP contribution in [0.25, 0.3) is 0 Å². The number of nitrogens with zero attached hydrogens (tertiary/aromatic N) is 1. The SMILES string of the molecule is CCCc1cc(C(=O)NCCS(N)(=O)=O)cc(Cl)n1. The molecular formula is C11H16ClN3O3S. The van der Waals surface area contributed by atoms with Gasteiger partial charge >= 0.3 is 0 Å². The molecule has 0 aromatic carbocycles. The first-order valence-electron chi connectivity index (χ1n) is 5.77. The van der Waals surface area contributed by atoms with Gasteiger partial charge in [0.05, 0.1) is 5.75 Å². The van der Waals surface area contributed by atoms with Crippen LogP contribution in [0.3, 0.4) is 0 Å². The molecule has 19 heavy (non-hydrogen) atoms. The molecule has 0 fully saturated rings. The number of hydrogen-bond acceptors (Lipinski definition) is 4. The first kappa shape index (κ1) is 15.9. The van der Waals surface area contributed by atoms with Crippen LogP contribution in [0.1, 0.15) is 29.4 Å². The van der Waals surface area contributed by atoms with Crippen LogP contribution in [0.2, 0.25) is 5.15 Å². The molecule has 0 aliphatic heterocycles. The fourth-order valence-electron chi connectivity index (χ4n) is 1.48. The van der Waals surface area contributed by atoms with Crippen molar-refractivity contribution in [2.75, 3.05) is 12.3 Å². The summed E-state index contributed by atoms with van der Waals surface area (Å²) < 4.78 is 21.5. The molecule has 0 bridgehead atoms. The summed E-state index contributed by atoms with van der Waals surface area (Å²) in [7, 11) is -3.58. The van der Waals surface area contributed by atoms with E-state index in [2.05, 4.69) is 10.3 Å². The Morgan fingerprint density at radius 2 is 2.16 bits per heavy atom. The van der Waals surface area contributed by atoms with E-state index in [4.69, 9.17) is 16.7 Å². The summed E-state index contributed by atoms with van der Waals surface area (Å²) in [4.78, 5) is 15.9. The topological polar surface area (TPSA) is 102 Å². The maximum Gasteiger partial charge on any atom is 0.251 e. The lowest BCUT2D eigenvalue weighted by atomic mass is 10.1. The highest BCUT2D eigenvalue weighted by atomic mass is 35.5. The molecule has 0 aliphatic rings. The van der Waals surface area contributed by atoms with E-state index < -0.39 is 15.9 Å². The molecule has 3 N–H and O–H groups in total. The monoisotopic (exact) mass is 305 g/mol. The second-order valence-corrected chi connectivity index (χ2v) is 6.16. The highest BCUT2D eigenvalue weighted by Gasteiger charge is 2.10. The van der Waals surface area contributed by atoms with Crippen molar-refractivity contribution in [3.8, 4) is 0 Å². The van der Waals surface area contributed by atoms with Crippen molar-refractivity contribution in [3.05, 3.63) is 28.5 Å². The second kappa shape index (κ2) is 6.83. The van der Waals surface area contributed by atoms with Gasteiger partial charge in [-0.15, -0.1) is 0 Å². The Morgan fingerprint density at radius 3 is 2.74 bits per heavy atom. The zero-order chi connectivity index (χ0) is 14.5. The van der Waals surface area contributed by atoms with E-state index in [1.165, 1.54) is 6.07 Å². The number of halogens is 1. The van der Waals surface area contributed by atoms with E-state index in [1.54, 1.807) is 6.07 Å². The number of carbonyl (C=O) groups is 1. The number of rotatable bonds is 6. The molecule has 0 radical (unpaired) electrons. The highest BCUT2D eigenvalue weighted by Crippen LogP contribution is 2.12. The summed E-state index contributed by atoms with van der Waals surface area (Å²) in [5.41, 5.74) is 1.09. The molecule has 106 valence electrons. The summed E-state index contributed by atoms with van der Waals surface area (Å²) in [5.74, 6) is -0.704. The third kappa shape index (κ3) is 6.00. The zero-order valence-corrected chi connectivity index (χ0v) is 12.1. The number of aryl methyl sites for hydroxylation is 1. The van der Waals surface area contributed by atoms with E-state index in [0.717, 1.165) is 18.5 Å². The number of carbonyl (C=O) groups excluding carboxylic acids is 1. The van der Waals surface area contributed by atoms with Gasteiger partial charge in [-0.2, -0.15) is 0 Å². The lowest BCUT2D eigenvalue weighted by molar-refractivity contribution is 0.0956. The highest BCUT2D eigenvalue weighted by molar-refractivity contribution is 7.89. The van der Waals surface area contributed by atoms with Crippen molar-refractivity contribution in [2.45, 2.75) is 19.8 Å². The van der Waals surface area contributed by atoms with Gasteiger partial charge in [-0.3, -0.25) is 4.79 Å². The summed E-state index contributed by atoms with van der Waals surface area (Å²) in [6.45, 7) is 1.95. The maximum absolute atomic E-state index is 11.8. The summed E-state index contributed by atoms with van der Waals surface area (Å²) in [5, 5.41) is 7.54. The zero-order valence-electron chi connectivity index (χ0n) is 10.5. The van der Waals surface area contributed by atoms with E-state index in [9.17, 15) is 13.2 Å². The Morgan fingerprint density at radius 1 is 1.47 bits per heavy atom. The largest absolute Gasteiger partial charge is 0.351 e. The van der Waals surface area contributed by atoms with Gasteiger partial charge in [0.2, 0.25) is 10.0 Å². The minimum Gasteiger partial charge on any atom is -0.351 e. The molecule has 1 heterocycles. The van der Waals surface area contributed by atoms with Gasteiger partial charge in [-0.1, -0.05) is 24.9 Å². The second-order valence-electron chi connectivity index (χ2n) is 4.04. The van der Waals surface area contributed by atoms with Gasteiger partial charge in [-0.25, -0.2) is 18.5 Å². The van der Waals surface area contributed by atoms with E-state index in [1.807, 2.05) is 6.92 Å². The van der Waals surface area contributed by atoms with E-state index in [0.29, 0.717) is 5.56 Å². The fraction of sp³-hybridized carbons (Fsp3) is 0.455. The van der Waals surface area contributed by atoms with Crippen LogP contribution in [-0.2, 0) is 16.4 Å². The number of primary sulfonamides is 1. The Kier molecular flexibility index (Phi) is 5.71. The van der Waals surface area contributed by atoms with E-state index >= 15 is 0 Å². The summed E-state index contributed by atoms with van der Waals surface area (Å²) in [6, 6.07) is 3.08. The smallest absolute Gasteiger partial charge is 0.251 e. The predicted octanol–water partition coefficient (Wildman–Crippen LogP) is 0.706. The molecule has 8 heteroatoms. The van der Waals surface area contributed by atoms with Crippen LogP contribution in [0.4, 0.5) is 0 Å². The normalized spacial score (nSPS) is 11.3. The Hall–Kier alpha value is -1.18. The van der Waals surface area contributed by atoms with Crippen molar-refractivity contribution in [1.82, 2.24) is 10.3 Å². The van der Waals surface area contributed by atoms with E-state index in [-0.39, 0.29) is 17.5 Å². The minimum atomic E-state index is -3.58. The Bertz CT molecular complexity index is 560.